The quantitative estimate of drug-likeness (QED) is 0.613. The molecular formula is C23H33N5O2S. The van der Waals surface area contributed by atoms with E-state index in [1.165, 1.54) is 36.6 Å². The van der Waals surface area contributed by atoms with Crippen LogP contribution in [0.15, 0.2) is 35.5 Å². The molecule has 0 saturated carbocycles. The first-order valence-electron chi connectivity index (χ1n) is 11.3. The summed E-state index contributed by atoms with van der Waals surface area (Å²) < 4.78 is 7.95. The normalized spacial score (nSPS) is 22.6. The van der Waals surface area contributed by atoms with E-state index in [0.29, 0.717) is 18.8 Å². The van der Waals surface area contributed by atoms with Gasteiger partial charge in [-0.25, -0.2) is 0 Å². The zero-order chi connectivity index (χ0) is 21.6. The standard InChI is InChI=1S/C23H33N5O2S/c1-18-13-27(14-19(2)30-18)22(29)17-31-23-25-24-21(16-26-11-7-4-8-12-26)28(23)15-20-9-5-3-6-10-20/h3,5-6,9-10,18-19H,4,7-8,11-17H2,1-2H3. The van der Waals surface area contributed by atoms with Crippen LogP contribution in [0.4, 0.5) is 0 Å². The maximum Gasteiger partial charge on any atom is 0.233 e. The van der Waals surface area contributed by atoms with Crippen LogP contribution in [0.2, 0.25) is 0 Å². The van der Waals surface area contributed by atoms with Gasteiger partial charge in [-0.15, -0.1) is 10.2 Å². The Hall–Kier alpha value is -1.90. The number of nitrogens with zero attached hydrogens (tertiary/aromatic N) is 5. The zero-order valence-corrected chi connectivity index (χ0v) is 19.4. The van der Waals surface area contributed by atoms with Crippen molar-refractivity contribution in [1.29, 1.82) is 0 Å². The minimum Gasteiger partial charge on any atom is -0.372 e. The molecule has 0 N–H and O–H groups in total. The number of benzene rings is 1. The Balaban J connectivity index is 1.46. The van der Waals surface area contributed by atoms with E-state index >= 15 is 0 Å². The van der Waals surface area contributed by atoms with Crippen LogP contribution in [0.1, 0.15) is 44.5 Å². The summed E-state index contributed by atoms with van der Waals surface area (Å²) >= 11 is 1.49. The number of likely N-dealkylation sites (tertiary alicyclic amines) is 1. The van der Waals surface area contributed by atoms with Gasteiger partial charge in [0.25, 0.3) is 0 Å². The largest absolute Gasteiger partial charge is 0.372 e. The van der Waals surface area contributed by atoms with Crippen molar-refractivity contribution in [2.75, 3.05) is 31.9 Å². The third kappa shape index (κ3) is 6.08. The molecule has 31 heavy (non-hydrogen) atoms. The lowest BCUT2D eigenvalue weighted by Crippen LogP contribution is -2.48. The van der Waals surface area contributed by atoms with E-state index in [4.69, 9.17) is 4.74 Å². The Morgan fingerprint density at radius 2 is 1.74 bits per heavy atom. The molecule has 2 saturated heterocycles. The van der Waals surface area contributed by atoms with Crippen molar-refractivity contribution in [2.45, 2.75) is 63.6 Å². The summed E-state index contributed by atoms with van der Waals surface area (Å²) in [6.07, 6.45) is 3.97. The second kappa shape index (κ2) is 10.6. The molecule has 2 fully saturated rings. The molecule has 0 aliphatic carbocycles. The van der Waals surface area contributed by atoms with E-state index in [0.717, 1.165) is 37.2 Å². The van der Waals surface area contributed by atoms with Crippen molar-refractivity contribution < 1.29 is 9.53 Å². The summed E-state index contributed by atoms with van der Waals surface area (Å²) in [5, 5.41) is 9.82. The molecule has 1 aromatic carbocycles. The number of morpholine rings is 1. The molecule has 4 rings (SSSR count). The maximum atomic E-state index is 12.8. The summed E-state index contributed by atoms with van der Waals surface area (Å²) in [5.74, 6) is 1.49. The Labute approximate surface area is 189 Å². The highest BCUT2D eigenvalue weighted by Crippen LogP contribution is 2.22. The van der Waals surface area contributed by atoms with E-state index in [9.17, 15) is 4.79 Å². The van der Waals surface area contributed by atoms with Crippen LogP contribution < -0.4 is 0 Å². The maximum absolute atomic E-state index is 12.8. The van der Waals surface area contributed by atoms with E-state index in [2.05, 4.69) is 43.9 Å². The Morgan fingerprint density at radius 1 is 1.03 bits per heavy atom. The lowest BCUT2D eigenvalue weighted by molar-refractivity contribution is -0.140. The molecule has 0 radical (unpaired) electrons. The topological polar surface area (TPSA) is 63.5 Å². The fraction of sp³-hybridized carbons (Fsp3) is 0.609. The molecule has 3 heterocycles. The fourth-order valence-electron chi connectivity index (χ4n) is 4.38. The van der Waals surface area contributed by atoms with Gasteiger partial charge in [0, 0.05) is 13.1 Å². The molecule has 1 amide bonds. The van der Waals surface area contributed by atoms with Crippen LogP contribution in [0, 0.1) is 0 Å². The predicted molar refractivity (Wildman–Crippen MR) is 122 cm³/mol. The van der Waals surface area contributed by atoms with Crippen molar-refractivity contribution in [3.8, 4) is 0 Å². The van der Waals surface area contributed by atoms with E-state index in [1.807, 2.05) is 24.8 Å². The number of hydrogen-bond donors (Lipinski definition) is 0. The summed E-state index contributed by atoms with van der Waals surface area (Å²) in [6.45, 7) is 9.12. The Bertz CT molecular complexity index is 843. The smallest absolute Gasteiger partial charge is 0.233 e. The molecule has 2 aliphatic rings. The monoisotopic (exact) mass is 443 g/mol. The van der Waals surface area contributed by atoms with Crippen molar-refractivity contribution in [3.63, 3.8) is 0 Å². The lowest BCUT2D eigenvalue weighted by atomic mass is 10.1. The van der Waals surface area contributed by atoms with Gasteiger partial charge in [-0.05, 0) is 45.3 Å². The molecule has 2 aliphatic heterocycles. The van der Waals surface area contributed by atoms with Gasteiger partial charge in [0.15, 0.2) is 5.16 Å². The number of thioether (sulfide) groups is 1. The second-order valence-corrected chi connectivity index (χ2v) is 9.59. The van der Waals surface area contributed by atoms with E-state index < -0.39 is 0 Å². The molecule has 0 bridgehead atoms. The number of hydrogen-bond acceptors (Lipinski definition) is 6. The molecule has 2 unspecified atom stereocenters. The minimum atomic E-state index is 0.0792. The van der Waals surface area contributed by atoms with Crippen molar-refractivity contribution in [1.82, 2.24) is 24.6 Å². The minimum absolute atomic E-state index is 0.0792. The number of carbonyl (C=O) groups excluding carboxylic acids is 1. The number of amides is 1. The van der Waals surface area contributed by atoms with E-state index in [1.54, 1.807) is 0 Å². The van der Waals surface area contributed by atoms with Crippen molar-refractivity contribution in [3.05, 3.63) is 41.7 Å². The van der Waals surface area contributed by atoms with Gasteiger partial charge in [0.1, 0.15) is 5.82 Å². The molecule has 8 heteroatoms. The van der Waals surface area contributed by atoms with Crippen LogP contribution in [-0.2, 0) is 22.6 Å². The summed E-state index contributed by atoms with van der Waals surface area (Å²) in [5.41, 5.74) is 1.21. The summed E-state index contributed by atoms with van der Waals surface area (Å²) in [7, 11) is 0. The van der Waals surface area contributed by atoms with Crippen molar-refractivity contribution >= 4 is 17.7 Å². The highest BCUT2D eigenvalue weighted by Gasteiger charge is 2.26. The number of piperidine rings is 1. The first-order valence-corrected chi connectivity index (χ1v) is 12.3. The molecule has 2 atom stereocenters. The van der Waals surface area contributed by atoms with Crippen LogP contribution in [0.5, 0.6) is 0 Å². The number of aromatic nitrogens is 3. The van der Waals surface area contributed by atoms with Gasteiger partial charge >= 0.3 is 0 Å². The molecule has 0 spiro atoms. The third-order valence-electron chi connectivity index (χ3n) is 5.89. The average Bonchev–Trinajstić information content (AvgIpc) is 3.14. The fourth-order valence-corrected chi connectivity index (χ4v) is 5.24. The van der Waals surface area contributed by atoms with Gasteiger partial charge in [0.2, 0.25) is 5.91 Å². The van der Waals surface area contributed by atoms with Crippen LogP contribution in [-0.4, -0.2) is 74.6 Å². The number of ether oxygens (including phenoxy) is 1. The molecular weight excluding hydrogens is 410 g/mol. The van der Waals surface area contributed by atoms with Gasteiger partial charge in [0.05, 0.1) is 31.1 Å². The zero-order valence-electron chi connectivity index (χ0n) is 18.6. The third-order valence-corrected chi connectivity index (χ3v) is 6.84. The summed E-state index contributed by atoms with van der Waals surface area (Å²) in [6, 6.07) is 10.4. The Kier molecular flexibility index (Phi) is 7.63. The van der Waals surface area contributed by atoms with Gasteiger partial charge < -0.3 is 14.2 Å². The van der Waals surface area contributed by atoms with Gasteiger partial charge in [-0.1, -0.05) is 48.5 Å². The SMILES string of the molecule is CC1CN(C(=O)CSc2nnc(CN3CCCCC3)n2Cc2ccccc2)CC(C)O1. The van der Waals surface area contributed by atoms with Gasteiger partial charge in [-0.2, -0.15) is 0 Å². The predicted octanol–water partition coefficient (Wildman–Crippen LogP) is 3.04. The van der Waals surface area contributed by atoms with Crippen LogP contribution in [0.3, 0.4) is 0 Å². The highest BCUT2D eigenvalue weighted by molar-refractivity contribution is 7.99. The Morgan fingerprint density at radius 3 is 2.45 bits per heavy atom. The molecule has 168 valence electrons. The first-order chi connectivity index (χ1) is 15.1. The van der Waals surface area contributed by atoms with Crippen LogP contribution in [0.25, 0.3) is 0 Å². The molecule has 1 aromatic heterocycles. The number of rotatable bonds is 7. The first kappa shape index (κ1) is 22.3. The number of carbonyl (C=O) groups is 1. The average molecular weight is 444 g/mol. The summed E-state index contributed by atoms with van der Waals surface area (Å²) in [4.78, 5) is 17.2. The van der Waals surface area contributed by atoms with Crippen molar-refractivity contribution in [2.24, 2.45) is 0 Å². The molecule has 7 nitrogen and oxygen atoms in total. The second-order valence-electron chi connectivity index (χ2n) is 8.65. The van der Waals surface area contributed by atoms with Crippen LogP contribution >= 0.6 is 11.8 Å². The lowest BCUT2D eigenvalue weighted by Gasteiger charge is -2.35. The molecule has 2 aromatic rings. The highest BCUT2D eigenvalue weighted by atomic mass is 32.2. The van der Waals surface area contributed by atoms with E-state index in [-0.39, 0.29) is 18.1 Å². The van der Waals surface area contributed by atoms with Gasteiger partial charge in [-0.3, -0.25) is 9.69 Å².